The van der Waals surface area contributed by atoms with Gasteiger partial charge in [-0.05, 0) is 42.0 Å². The Hall–Kier alpha value is -4.14. The van der Waals surface area contributed by atoms with E-state index in [2.05, 4.69) is 21.7 Å². The second-order valence-corrected chi connectivity index (χ2v) is 11.2. The fraction of sp³-hybridized carbons (Fsp3) is 0.192. The average Bonchev–Trinajstić information content (AvgIpc) is 3.32. The van der Waals surface area contributed by atoms with Crippen LogP contribution in [0.2, 0.25) is 0 Å². The number of fused-ring (bicyclic) bond motifs is 1. The molecular weight excluding hydrogens is 512 g/mol. The van der Waals surface area contributed by atoms with Gasteiger partial charge >= 0.3 is 0 Å². The lowest BCUT2D eigenvalue weighted by Gasteiger charge is -2.20. The van der Waals surface area contributed by atoms with Crippen molar-refractivity contribution in [2.24, 2.45) is 0 Å². The number of nitrogens with zero attached hydrogens (tertiary/aromatic N) is 2. The average molecular weight is 537 g/mol. The molecule has 3 aromatic carbocycles. The van der Waals surface area contributed by atoms with Crippen molar-refractivity contribution in [3.8, 4) is 17.6 Å². The lowest BCUT2D eigenvalue weighted by atomic mass is 10.1. The molecule has 1 unspecified atom stereocenters. The topological polar surface area (TPSA) is 130 Å². The molecule has 0 radical (unpaired) electrons. The molecule has 4 rings (SSSR count). The second-order valence-electron chi connectivity index (χ2n) is 7.92. The predicted octanol–water partition coefficient (Wildman–Crippen LogP) is 4.77. The molecule has 1 amide bonds. The number of amides is 1. The normalized spacial score (nSPS) is 11.9. The summed E-state index contributed by atoms with van der Waals surface area (Å²) in [6.45, 7) is 1.58. The Morgan fingerprint density at radius 1 is 1.05 bits per heavy atom. The highest BCUT2D eigenvalue weighted by molar-refractivity contribution is 7.91. The van der Waals surface area contributed by atoms with Gasteiger partial charge in [-0.3, -0.25) is 10.1 Å². The van der Waals surface area contributed by atoms with E-state index in [1.807, 2.05) is 0 Å². The Morgan fingerprint density at radius 2 is 1.70 bits per heavy atom. The Balaban J connectivity index is 1.66. The van der Waals surface area contributed by atoms with E-state index < -0.39 is 21.8 Å². The lowest BCUT2D eigenvalue weighted by Crippen LogP contribution is -2.27. The summed E-state index contributed by atoms with van der Waals surface area (Å²) in [5.74, 6) is 0.667. The second kappa shape index (κ2) is 10.9. The van der Waals surface area contributed by atoms with Crippen molar-refractivity contribution in [1.82, 2.24) is 4.98 Å². The van der Waals surface area contributed by atoms with Crippen LogP contribution in [0.4, 0.5) is 10.8 Å². The van der Waals surface area contributed by atoms with Gasteiger partial charge in [0.05, 0.1) is 46.7 Å². The molecule has 1 atom stereocenters. The van der Waals surface area contributed by atoms with Gasteiger partial charge in [0, 0.05) is 17.8 Å². The van der Waals surface area contributed by atoms with Gasteiger partial charge in [0.2, 0.25) is 0 Å². The van der Waals surface area contributed by atoms with E-state index in [0.29, 0.717) is 39.0 Å². The van der Waals surface area contributed by atoms with Crippen molar-refractivity contribution in [2.45, 2.75) is 17.9 Å². The summed E-state index contributed by atoms with van der Waals surface area (Å²) in [4.78, 5) is 18.2. The number of methoxy groups -OCH3 is 2. The number of carbonyl (C=O) groups is 1. The largest absolute Gasteiger partial charge is 0.493 e. The molecule has 0 saturated heterocycles. The molecule has 0 aliphatic rings. The molecule has 11 heteroatoms. The number of ether oxygens (including phenoxy) is 2. The summed E-state index contributed by atoms with van der Waals surface area (Å²) in [6.07, 6.45) is 0. The van der Waals surface area contributed by atoms with E-state index in [1.54, 1.807) is 62.6 Å². The van der Waals surface area contributed by atoms with E-state index >= 15 is 0 Å². The number of benzene rings is 3. The zero-order chi connectivity index (χ0) is 26.6. The van der Waals surface area contributed by atoms with Gasteiger partial charge in [0.15, 0.2) is 26.5 Å². The number of sulfone groups is 1. The standard InChI is InChI=1S/C26H24N4O5S2/c1-4-37(32,33)19-11-7-17(8-12-19)24(28-18-9-5-16(15-27)6-10-18)25(31)30-26-29-20-13-21(34-2)22(35-3)14-23(20)36-26/h5-14,24,28H,4H2,1-3H3,(H,29,30,31). The zero-order valence-corrected chi connectivity index (χ0v) is 21.9. The molecular formula is C26H24N4O5S2. The minimum atomic E-state index is -3.38. The van der Waals surface area contributed by atoms with Gasteiger partial charge < -0.3 is 14.8 Å². The van der Waals surface area contributed by atoms with Gasteiger partial charge in [0.25, 0.3) is 5.91 Å². The number of thiazole rings is 1. The van der Waals surface area contributed by atoms with E-state index in [9.17, 15) is 13.2 Å². The lowest BCUT2D eigenvalue weighted by molar-refractivity contribution is -0.117. The van der Waals surface area contributed by atoms with Crippen LogP contribution in [0.15, 0.2) is 65.6 Å². The monoisotopic (exact) mass is 536 g/mol. The van der Waals surface area contributed by atoms with Crippen LogP contribution < -0.4 is 20.1 Å². The van der Waals surface area contributed by atoms with Gasteiger partial charge in [0.1, 0.15) is 6.04 Å². The maximum absolute atomic E-state index is 13.5. The van der Waals surface area contributed by atoms with E-state index in [4.69, 9.17) is 14.7 Å². The van der Waals surface area contributed by atoms with Crippen molar-refractivity contribution in [3.63, 3.8) is 0 Å². The third-order valence-corrected chi connectivity index (χ3v) is 8.35. The molecule has 0 aliphatic heterocycles. The summed E-state index contributed by atoms with van der Waals surface area (Å²) in [5.41, 5.74) is 2.30. The maximum Gasteiger partial charge on any atom is 0.253 e. The summed E-state index contributed by atoms with van der Waals surface area (Å²) in [7, 11) is -0.300. The first-order chi connectivity index (χ1) is 17.8. The van der Waals surface area contributed by atoms with Crippen LogP contribution in [0.25, 0.3) is 10.2 Å². The Morgan fingerprint density at radius 3 is 2.30 bits per heavy atom. The van der Waals surface area contributed by atoms with Gasteiger partial charge in [-0.1, -0.05) is 30.4 Å². The molecule has 0 saturated carbocycles. The van der Waals surface area contributed by atoms with Crippen LogP contribution in [0, 0.1) is 11.3 Å². The molecule has 1 aromatic heterocycles. The van der Waals surface area contributed by atoms with Crippen LogP contribution >= 0.6 is 11.3 Å². The van der Waals surface area contributed by atoms with Crippen molar-refractivity contribution < 1.29 is 22.7 Å². The molecule has 2 N–H and O–H groups in total. The van der Waals surface area contributed by atoms with Crippen molar-refractivity contribution in [3.05, 3.63) is 71.8 Å². The van der Waals surface area contributed by atoms with Crippen LogP contribution in [-0.4, -0.2) is 39.3 Å². The van der Waals surface area contributed by atoms with Gasteiger partial charge in [-0.2, -0.15) is 5.26 Å². The fourth-order valence-electron chi connectivity index (χ4n) is 3.63. The van der Waals surface area contributed by atoms with Crippen LogP contribution in [0.1, 0.15) is 24.1 Å². The Kier molecular flexibility index (Phi) is 7.61. The highest BCUT2D eigenvalue weighted by Crippen LogP contribution is 2.36. The quantitative estimate of drug-likeness (QED) is 0.313. The first-order valence-electron chi connectivity index (χ1n) is 11.2. The molecule has 0 aliphatic carbocycles. The number of rotatable bonds is 9. The number of hydrogen-bond donors (Lipinski definition) is 2. The molecule has 0 fully saturated rings. The number of aromatic nitrogens is 1. The van der Waals surface area contributed by atoms with Gasteiger partial charge in [-0.15, -0.1) is 0 Å². The van der Waals surface area contributed by atoms with Crippen molar-refractivity contribution in [2.75, 3.05) is 30.6 Å². The summed E-state index contributed by atoms with van der Waals surface area (Å²) in [5, 5.41) is 15.5. The smallest absolute Gasteiger partial charge is 0.253 e. The number of anilines is 2. The number of nitrogens with one attached hydrogen (secondary N) is 2. The molecule has 1 heterocycles. The third-order valence-electron chi connectivity index (χ3n) is 5.66. The molecule has 0 spiro atoms. The van der Waals surface area contributed by atoms with Gasteiger partial charge in [-0.25, -0.2) is 13.4 Å². The summed E-state index contributed by atoms with van der Waals surface area (Å²) < 4.78 is 36.0. The first-order valence-corrected chi connectivity index (χ1v) is 13.7. The minimum Gasteiger partial charge on any atom is -0.493 e. The first kappa shape index (κ1) is 25.9. The summed E-state index contributed by atoms with van der Waals surface area (Å²) in [6, 6.07) is 17.6. The van der Waals surface area contributed by atoms with Crippen LogP contribution in [-0.2, 0) is 14.6 Å². The number of nitriles is 1. The van der Waals surface area contributed by atoms with E-state index in [0.717, 1.165) is 4.70 Å². The third kappa shape index (κ3) is 5.66. The molecule has 0 bridgehead atoms. The highest BCUT2D eigenvalue weighted by atomic mass is 32.2. The number of carbonyl (C=O) groups excluding carboxylic acids is 1. The van der Waals surface area contributed by atoms with E-state index in [1.165, 1.54) is 30.6 Å². The molecule has 9 nitrogen and oxygen atoms in total. The minimum absolute atomic E-state index is 0.0209. The highest BCUT2D eigenvalue weighted by Gasteiger charge is 2.23. The predicted molar refractivity (Wildman–Crippen MR) is 143 cm³/mol. The fourth-order valence-corrected chi connectivity index (χ4v) is 5.39. The maximum atomic E-state index is 13.5. The van der Waals surface area contributed by atoms with Crippen LogP contribution in [0.5, 0.6) is 11.5 Å². The molecule has 37 heavy (non-hydrogen) atoms. The Labute approximate surface area is 218 Å². The zero-order valence-electron chi connectivity index (χ0n) is 20.3. The molecule has 190 valence electrons. The Bertz CT molecular complexity index is 1530. The molecule has 4 aromatic rings. The SMILES string of the molecule is CCS(=O)(=O)c1ccc(C(Nc2ccc(C#N)cc2)C(=O)Nc2nc3cc(OC)c(OC)cc3s2)cc1. The van der Waals surface area contributed by atoms with Crippen molar-refractivity contribution in [1.29, 1.82) is 5.26 Å². The van der Waals surface area contributed by atoms with Crippen molar-refractivity contribution >= 4 is 48.1 Å². The summed E-state index contributed by atoms with van der Waals surface area (Å²) >= 11 is 1.29. The number of hydrogen-bond acceptors (Lipinski definition) is 9. The van der Waals surface area contributed by atoms with E-state index in [-0.39, 0.29) is 10.6 Å². The van der Waals surface area contributed by atoms with Crippen LogP contribution in [0.3, 0.4) is 0 Å².